The molecule has 0 bridgehead atoms. The molecule has 1 aromatic rings. The van der Waals surface area contributed by atoms with Gasteiger partial charge in [-0.2, -0.15) is 0 Å². The van der Waals surface area contributed by atoms with Gasteiger partial charge in [-0.15, -0.1) is 0 Å². The highest BCUT2D eigenvalue weighted by molar-refractivity contribution is 5.83. The van der Waals surface area contributed by atoms with Gasteiger partial charge in [-0.05, 0) is 75.3 Å². The Labute approximate surface area is 214 Å². The third-order valence-electron chi connectivity index (χ3n) is 8.26. The van der Waals surface area contributed by atoms with Crippen LogP contribution in [0.25, 0.3) is 0 Å². The molecule has 2 N–H and O–H groups in total. The number of hydrogen-bond donors (Lipinski definition) is 2. The number of aliphatic hydroxyl groups excluding tert-OH is 1. The average Bonchev–Trinajstić information content (AvgIpc) is 2.80. The highest BCUT2D eigenvalue weighted by Gasteiger charge is 2.35. The summed E-state index contributed by atoms with van der Waals surface area (Å²) in [5.41, 5.74) is 3.08. The predicted molar refractivity (Wildman–Crippen MR) is 145 cm³/mol. The molecule has 0 fully saturated rings. The van der Waals surface area contributed by atoms with Gasteiger partial charge in [0, 0.05) is 17.5 Å². The molecule has 2 rings (SSSR count). The lowest BCUT2D eigenvalue weighted by atomic mass is 9.82. The van der Waals surface area contributed by atoms with Crippen LogP contribution in [0.2, 0.25) is 0 Å². The number of phenols is 1. The summed E-state index contributed by atoms with van der Waals surface area (Å²) < 4.78 is 6.61. The van der Waals surface area contributed by atoms with Crippen molar-refractivity contribution in [3.8, 4) is 11.5 Å². The van der Waals surface area contributed by atoms with Crippen LogP contribution in [0, 0.1) is 31.6 Å². The Bertz CT molecular complexity index is 828. The lowest BCUT2D eigenvalue weighted by Crippen LogP contribution is -2.37. The number of fused-ring (bicyclic) bond motifs is 1. The zero-order valence-corrected chi connectivity index (χ0v) is 23.6. The molecule has 0 radical (unpaired) electrons. The van der Waals surface area contributed by atoms with E-state index in [1.54, 1.807) is 0 Å². The number of aromatic hydroxyl groups is 1. The maximum absolute atomic E-state index is 11.9. The van der Waals surface area contributed by atoms with Crippen LogP contribution >= 0.6 is 0 Å². The molecule has 0 spiro atoms. The van der Waals surface area contributed by atoms with Crippen molar-refractivity contribution in [1.29, 1.82) is 0 Å². The molecule has 0 unspecified atom stereocenters. The number of benzene rings is 1. The van der Waals surface area contributed by atoms with Crippen LogP contribution in [0.4, 0.5) is 0 Å². The van der Waals surface area contributed by atoms with E-state index in [0.717, 1.165) is 65.9 Å². The number of carbonyl (C=O) groups is 1. The molecule has 35 heavy (non-hydrogen) atoms. The topological polar surface area (TPSA) is 66.8 Å². The van der Waals surface area contributed by atoms with E-state index in [2.05, 4.69) is 34.6 Å². The van der Waals surface area contributed by atoms with Crippen LogP contribution in [0.1, 0.15) is 121 Å². The quantitative estimate of drug-likeness (QED) is 0.266. The van der Waals surface area contributed by atoms with Crippen LogP contribution in [0.15, 0.2) is 0 Å². The molecule has 1 aliphatic heterocycles. The molecule has 3 atom stereocenters. The fraction of sp³-hybridized carbons (Fsp3) is 0.774. The minimum absolute atomic E-state index is 0.0553. The van der Waals surface area contributed by atoms with E-state index in [1.807, 2.05) is 13.8 Å². The van der Waals surface area contributed by atoms with E-state index in [9.17, 15) is 15.0 Å². The monoisotopic (exact) mass is 488 g/mol. The van der Waals surface area contributed by atoms with Crippen molar-refractivity contribution in [2.24, 2.45) is 17.8 Å². The summed E-state index contributed by atoms with van der Waals surface area (Å²) >= 11 is 0. The van der Waals surface area contributed by atoms with Crippen LogP contribution in [0.3, 0.4) is 0 Å². The molecule has 0 aliphatic carbocycles. The standard InChI is InChI=1S/C31H52O4/c1-21(2)11-8-12-22(3)13-9-14-23(4)15-10-17-31(7)18-16-27-28(19-26(33)20-32)29(34)24(5)25(6)30(27)35-31/h21-23,32,34H,8-20H2,1-7H3/t22-,23-,31-/m1/s1. The molecular formula is C31H52O4. The van der Waals surface area contributed by atoms with Gasteiger partial charge in [0.05, 0.1) is 0 Å². The van der Waals surface area contributed by atoms with Gasteiger partial charge in [0.1, 0.15) is 23.7 Å². The largest absolute Gasteiger partial charge is 0.507 e. The van der Waals surface area contributed by atoms with Crippen molar-refractivity contribution in [2.75, 3.05) is 6.61 Å². The summed E-state index contributed by atoms with van der Waals surface area (Å²) in [5.74, 6) is 3.16. The van der Waals surface area contributed by atoms with Gasteiger partial charge in [-0.25, -0.2) is 0 Å². The first-order chi connectivity index (χ1) is 16.5. The number of aliphatic hydroxyl groups is 1. The number of Topliss-reactive ketones (excluding diaryl/α,β-unsaturated/α-hetero) is 1. The number of ketones is 1. The fourth-order valence-corrected chi connectivity index (χ4v) is 5.59. The van der Waals surface area contributed by atoms with Gasteiger partial charge in [0.15, 0.2) is 5.78 Å². The molecule has 0 saturated carbocycles. The summed E-state index contributed by atoms with van der Waals surface area (Å²) in [5, 5.41) is 19.9. The minimum Gasteiger partial charge on any atom is -0.507 e. The summed E-state index contributed by atoms with van der Waals surface area (Å²) in [6.07, 6.45) is 13.2. The van der Waals surface area contributed by atoms with Crippen LogP contribution < -0.4 is 4.74 Å². The Morgan fingerprint density at radius 1 is 0.943 bits per heavy atom. The normalized spacial score (nSPS) is 19.3. The number of hydrogen-bond acceptors (Lipinski definition) is 4. The highest BCUT2D eigenvalue weighted by Crippen LogP contribution is 2.45. The first-order valence-electron chi connectivity index (χ1n) is 14.1. The zero-order valence-electron chi connectivity index (χ0n) is 23.6. The van der Waals surface area contributed by atoms with E-state index in [0.29, 0.717) is 5.56 Å². The molecule has 200 valence electrons. The van der Waals surface area contributed by atoms with Gasteiger partial charge < -0.3 is 14.9 Å². The van der Waals surface area contributed by atoms with Gasteiger partial charge >= 0.3 is 0 Å². The Kier molecular flexibility index (Phi) is 11.6. The SMILES string of the molecule is Cc1c(C)c2c(c(CC(=O)CO)c1O)CC[C@@](C)(CCC[C@H](C)CCC[C@H](C)CCCC(C)C)O2. The maximum atomic E-state index is 11.9. The molecule has 0 amide bonds. The second kappa shape index (κ2) is 13.7. The second-order valence-electron chi connectivity index (χ2n) is 12.2. The van der Waals surface area contributed by atoms with Crippen LogP contribution in [-0.4, -0.2) is 28.2 Å². The summed E-state index contributed by atoms with van der Waals surface area (Å²) in [4.78, 5) is 11.9. The third-order valence-corrected chi connectivity index (χ3v) is 8.26. The maximum Gasteiger partial charge on any atom is 0.162 e. The van der Waals surface area contributed by atoms with Crippen LogP contribution in [-0.2, 0) is 17.6 Å². The Morgan fingerprint density at radius 2 is 1.51 bits per heavy atom. The highest BCUT2D eigenvalue weighted by atomic mass is 16.5. The Morgan fingerprint density at radius 3 is 2.09 bits per heavy atom. The smallest absolute Gasteiger partial charge is 0.162 e. The van der Waals surface area contributed by atoms with Gasteiger partial charge in [0.25, 0.3) is 0 Å². The molecule has 1 aromatic carbocycles. The zero-order chi connectivity index (χ0) is 26.2. The molecular weight excluding hydrogens is 436 g/mol. The van der Waals surface area contributed by atoms with E-state index in [1.165, 1.54) is 44.9 Å². The van der Waals surface area contributed by atoms with Crippen molar-refractivity contribution >= 4 is 5.78 Å². The van der Waals surface area contributed by atoms with Crippen LogP contribution in [0.5, 0.6) is 11.5 Å². The van der Waals surface area contributed by atoms with Crippen molar-refractivity contribution in [3.05, 3.63) is 22.3 Å². The van der Waals surface area contributed by atoms with E-state index < -0.39 is 6.61 Å². The molecule has 1 aliphatic rings. The van der Waals surface area contributed by atoms with E-state index in [4.69, 9.17) is 4.74 Å². The van der Waals surface area contributed by atoms with E-state index >= 15 is 0 Å². The summed E-state index contributed by atoms with van der Waals surface area (Å²) in [6.45, 7) is 15.0. The lowest BCUT2D eigenvalue weighted by molar-refractivity contribution is -0.121. The lowest BCUT2D eigenvalue weighted by Gasteiger charge is -2.38. The molecule has 0 saturated heterocycles. The first kappa shape index (κ1) is 29.7. The number of ether oxygens (including phenoxy) is 1. The molecule has 1 heterocycles. The van der Waals surface area contributed by atoms with Crippen molar-refractivity contribution in [2.45, 2.75) is 131 Å². The first-order valence-corrected chi connectivity index (χ1v) is 14.1. The van der Waals surface area contributed by atoms with Crippen molar-refractivity contribution in [1.82, 2.24) is 0 Å². The fourth-order valence-electron chi connectivity index (χ4n) is 5.59. The Balaban J connectivity index is 1.86. The van der Waals surface area contributed by atoms with Gasteiger partial charge in [-0.1, -0.05) is 72.6 Å². The van der Waals surface area contributed by atoms with E-state index in [-0.39, 0.29) is 23.6 Å². The number of rotatable bonds is 15. The summed E-state index contributed by atoms with van der Waals surface area (Å²) in [7, 11) is 0. The molecule has 4 heteroatoms. The Hall–Kier alpha value is -1.55. The number of phenolic OH excluding ortho intramolecular Hbond substituents is 1. The number of carbonyl (C=O) groups excluding carboxylic acids is 1. The summed E-state index contributed by atoms with van der Waals surface area (Å²) in [6, 6.07) is 0. The minimum atomic E-state index is -0.505. The third kappa shape index (κ3) is 8.81. The molecule has 0 aromatic heterocycles. The predicted octanol–water partition coefficient (Wildman–Crippen LogP) is 7.64. The van der Waals surface area contributed by atoms with Gasteiger partial charge in [-0.3, -0.25) is 4.79 Å². The van der Waals surface area contributed by atoms with Gasteiger partial charge in [0.2, 0.25) is 0 Å². The second-order valence-corrected chi connectivity index (χ2v) is 12.2. The van der Waals surface area contributed by atoms with Crippen molar-refractivity contribution < 1.29 is 19.7 Å². The molecule has 4 nitrogen and oxygen atoms in total. The van der Waals surface area contributed by atoms with Crippen molar-refractivity contribution in [3.63, 3.8) is 0 Å². The average molecular weight is 489 g/mol.